The van der Waals surface area contributed by atoms with Gasteiger partial charge in [-0.05, 0) is 37.1 Å². The number of hydrogen-bond acceptors (Lipinski definition) is 4. The summed E-state index contributed by atoms with van der Waals surface area (Å²) < 4.78 is 6.79. The van der Waals surface area contributed by atoms with Crippen molar-refractivity contribution in [1.82, 2.24) is 9.88 Å². The summed E-state index contributed by atoms with van der Waals surface area (Å²) in [4.78, 5) is 19.2. The first-order chi connectivity index (χ1) is 11.8. The molecule has 1 aliphatic heterocycles. The van der Waals surface area contributed by atoms with E-state index in [1.807, 2.05) is 53.4 Å². The molecule has 2 aromatic carbocycles. The van der Waals surface area contributed by atoms with E-state index in [0.717, 1.165) is 35.7 Å². The van der Waals surface area contributed by atoms with Gasteiger partial charge in [0.05, 0.1) is 16.3 Å². The Morgan fingerprint density at radius 2 is 1.96 bits per heavy atom. The van der Waals surface area contributed by atoms with Crippen molar-refractivity contribution in [3.63, 3.8) is 0 Å². The molecule has 1 atom stereocenters. The topological polar surface area (TPSA) is 42.4 Å². The number of thiazole rings is 1. The molecule has 4 nitrogen and oxygen atoms in total. The fraction of sp³-hybridized carbons (Fsp3) is 0.263. The van der Waals surface area contributed by atoms with Crippen LogP contribution in [0.15, 0.2) is 54.6 Å². The second kappa shape index (κ2) is 6.61. The molecule has 0 aliphatic carbocycles. The van der Waals surface area contributed by atoms with Gasteiger partial charge < -0.3 is 9.64 Å². The maximum atomic E-state index is 12.6. The van der Waals surface area contributed by atoms with Crippen molar-refractivity contribution in [2.24, 2.45) is 0 Å². The predicted molar refractivity (Wildman–Crippen MR) is 95.2 cm³/mol. The number of aromatic nitrogens is 1. The van der Waals surface area contributed by atoms with E-state index >= 15 is 0 Å². The lowest BCUT2D eigenvalue weighted by Gasteiger charge is -2.23. The van der Waals surface area contributed by atoms with Gasteiger partial charge in [-0.2, -0.15) is 0 Å². The SMILES string of the molecule is O=C(COc1ccccc1)N1CCC[C@H]1c1nc2ccccc2s1. The molecule has 5 heteroatoms. The molecule has 24 heavy (non-hydrogen) atoms. The molecule has 0 bridgehead atoms. The second-order valence-corrected chi connectivity index (χ2v) is 6.93. The van der Waals surface area contributed by atoms with Crippen molar-refractivity contribution in [3.8, 4) is 5.75 Å². The molecule has 3 aromatic rings. The van der Waals surface area contributed by atoms with Gasteiger partial charge in [0.2, 0.25) is 0 Å². The first-order valence-electron chi connectivity index (χ1n) is 8.14. The zero-order valence-corrected chi connectivity index (χ0v) is 14.0. The van der Waals surface area contributed by atoms with Gasteiger partial charge in [-0.25, -0.2) is 4.98 Å². The summed E-state index contributed by atoms with van der Waals surface area (Å²) in [6.07, 6.45) is 1.98. The van der Waals surface area contributed by atoms with Crippen LogP contribution in [0.3, 0.4) is 0 Å². The molecular formula is C19H18N2O2S. The lowest BCUT2D eigenvalue weighted by atomic mass is 10.2. The maximum Gasteiger partial charge on any atom is 0.261 e. The Labute approximate surface area is 144 Å². The molecule has 1 aromatic heterocycles. The minimum absolute atomic E-state index is 0.0283. The van der Waals surface area contributed by atoms with Crippen LogP contribution in [0.25, 0.3) is 10.2 Å². The van der Waals surface area contributed by atoms with Crippen LogP contribution in [0.1, 0.15) is 23.9 Å². The highest BCUT2D eigenvalue weighted by Gasteiger charge is 2.32. The summed E-state index contributed by atoms with van der Waals surface area (Å²) in [5.74, 6) is 0.752. The molecule has 0 saturated carbocycles. The van der Waals surface area contributed by atoms with Crippen LogP contribution in [0.5, 0.6) is 5.75 Å². The van der Waals surface area contributed by atoms with Crippen LogP contribution in [0.2, 0.25) is 0 Å². The molecule has 1 amide bonds. The van der Waals surface area contributed by atoms with Crippen molar-refractivity contribution in [2.45, 2.75) is 18.9 Å². The van der Waals surface area contributed by atoms with Crippen LogP contribution < -0.4 is 4.74 Å². The highest BCUT2D eigenvalue weighted by Crippen LogP contribution is 2.36. The Morgan fingerprint density at radius 1 is 1.17 bits per heavy atom. The third-order valence-corrected chi connectivity index (χ3v) is 5.41. The van der Waals surface area contributed by atoms with Crippen LogP contribution in [0.4, 0.5) is 0 Å². The quantitative estimate of drug-likeness (QED) is 0.721. The number of nitrogens with zero attached hydrogens (tertiary/aromatic N) is 2. The number of benzene rings is 2. The fourth-order valence-corrected chi connectivity index (χ4v) is 4.21. The maximum absolute atomic E-state index is 12.6. The number of carbonyl (C=O) groups excluding carboxylic acids is 1. The van der Waals surface area contributed by atoms with Crippen LogP contribution in [-0.4, -0.2) is 28.9 Å². The zero-order chi connectivity index (χ0) is 16.4. The number of carbonyl (C=O) groups is 1. The average molecular weight is 338 g/mol. The van der Waals surface area contributed by atoms with Gasteiger partial charge in [-0.15, -0.1) is 11.3 Å². The monoisotopic (exact) mass is 338 g/mol. The predicted octanol–water partition coefficient (Wildman–Crippen LogP) is 4.04. The van der Waals surface area contributed by atoms with E-state index < -0.39 is 0 Å². The van der Waals surface area contributed by atoms with Crippen molar-refractivity contribution in [2.75, 3.05) is 13.2 Å². The number of para-hydroxylation sites is 2. The van der Waals surface area contributed by atoms with Gasteiger partial charge in [0.15, 0.2) is 6.61 Å². The van der Waals surface area contributed by atoms with Crippen molar-refractivity contribution >= 4 is 27.5 Å². The molecule has 1 fully saturated rings. The lowest BCUT2D eigenvalue weighted by Crippen LogP contribution is -2.34. The van der Waals surface area contributed by atoms with Gasteiger partial charge >= 0.3 is 0 Å². The molecule has 0 unspecified atom stereocenters. The first-order valence-corrected chi connectivity index (χ1v) is 8.96. The molecule has 1 saturated heterocycles. The number of fused-ring (bicyclic) bond motifs is 1. The standard InChI is InChI=1S/C19H18N2O2S/c22-18(13-23-14-7-2-1-3-8-14)21-12-6-10-16(21)19-20-15-9-4-5-11-17(15)24-19/h1-5,7-9,11,16H,6,10,12-13H2/t16-/m0/s1. The van der Waals surface area contributed by atoms with Crippen LogP contribution in [0, 0.1) is 0 Å². The molecular weight excluding hydrogens is 320 g/mol. The lowest BCUT2D eigenvalue weighted by molar-refractivity contribution is -0.134. The summed E-state index contributed by atoms with van der Waals surface area (Å²) in [6.45, 7) is 0.850. The van der Waals surface area contributed by atoms with Gasteiger partial charge in [0.1, 0.15) is 10.8 Å². The van der Waals surface area contributed by atoms with Gasteiger partial charge in [0.25, 0.3) is 5.91 Å². The first kappa shape index (κ1) is 15.1. The minimum Gasteiger partial charge on any atom is -0.484 e. The third kappa shape index (κ3) is 2.99. The molecule has 0 N–H and O–H groups in total. The van der Waals surface area contributed by atoms with Gasteiger partial charge in [-0.1, -0.05) is 30.3 Å². The van der Waals surface area contributed by atoms with E-state index in [4.69, 9.17) is 9.72 Å². The molecule has 122 valence electrons. The number of rotatable bonds is 4. The Hall–Kier alpha value is -2.40. The third-order valence-electron chi connectivity index (χ3n) is 4.27. The molecule has 2 heterocycles. The molecule has 0 radical (unpaired) electrons. The minimum atomic E-state index is 0.0283. The van der Waals surface area contributed by atoms with Gasteiger partial charge in [-0.3, -0.25) is 4.79 Å². The summed E-state index contributed by atoms with van der Waals surface area (Å²) in [5.41, 5.74) is 1.01. The van der Waals surface area contributed by atoms with Crippen molar-refractivity contribution < 1.29 is 9.53 Å². The summed E-state index contributed by atoms with van der Waals surface area (Å²) in [7, 11) is 0. The highest BCUT2D eigenvalue weighted by atomic mass is 32.1. The summed E-state index contributed by atoms with van der Waals surface area (Å²) >= 11 is 1.68. The largest absolute Gasteiger partial charge is 0.484 e. The Bertz CT molecular complexity index is 814. The number of hydrogen-bond donors (Lipinski definition) is 0. The van der Waals surface area contributed by atoms with E-state index in [2.05, 4.69) is 6.07 Å². The van der Waals surface area contributed by atoms with Crippen molar-refractivity contribution in [3.05, 3.63) is 59.6 Å². The molecule has 0 spiro atoms. The van der Waals surface area contributed by atoms with E-state index in [1.54, 1.807) is 11.3 Å². The Kier molecular flexibility index (Phi) is 4.17. The number of ether oxygens (including phenoxy) is 1. The van der Waals surface area contributed by atoms with E-state index in [0.29, 0.717) is 0 Å². The zero-order valence-electron chi connectivity index (χ0n) is 13.2. The van der Waals surface area contributed by atoms with E-state index in [-0.39, 0.29) is 18.6 Å². The fourth-order valence-electron chi connectivity index (χ4n) is 3.10. The van der Waals surface area contributed by atoms with Crippen LogP contribution in [-0.2, 0) is 4.79 Å². The summed E-state index contributed by atoms with van der Waals surface area (Å²) in [5, 5.41) is 1.03. The molecule has 4 rings (SSSR count). The van der Waals surface area contributed by atoms with E-state index in [9.17, 15) is 4.79 Å². The normalized spacial score (nSPS) is 17.3. The Balaban J connectivity index is 1.48. The Morgan fingerprint density at radius 3 is 2.79 bits per heavy atom. The highest BCUT2D eigenvalue weighted by molar-refractivity contribution is 7.18. The smallest absolute Gasteiger partial charge is 0.261 e. The van der Waals surface area contributed by atoms with Gasteiger partial charge in [0, 0.05) is 6.54 Å². The average Bonchev–Trinajstić information content (AvgIpc) is 3.26. The molecule has 1 aliphatic rings. The van der Waals surface area contributed by atoms with Crippen molar-refractivity contribution in [1.29, 1.82) is 0 Å². The second-order valence-electron chi connectivity index (χ2n) is 5.87. The van der Waals surface area contributed by atoms with Crippen LogP contribution >= 0.6 is 11.3 Å². The summed E-state index contributed by atoms with van der Waals surface area (Å²) in [6, 6.07) is 17.7. The van der Waals surface area contributed by atoms with E-state index in [1.165, 1.54) is 4.70 Å². The number of likely N-dealkylation sites (tertiary alicyclic amines) is 1. The number of amides is 1.